The maximum absolute atomic E-state index is 5.74. The van der Waals surface area contributed by atoms with Gasteiger partial charge < -0.3 is 16.0 Å². The van der Waals surface area contributed by atoms with Crippen LogP contribution in [0.5, 0.6) is 0 Å². The smallest absolute Gasteiger partial charge is 0.225 e. The Morgan fingerprint density at radius 2 is 1.73 bits per heavy atom. The number of aromatic nitrogens is 4. The van der Waals surface area contributed by atoms with Gasteiger partial charge in [-0.2, -0.15) is 4.98 Å². The minimum absolute atomic E-state index is 0.0325. The summed E-state index contributed by atoms with van der Waals surface area (Å²) in [5.41, 5.74) is 8.64. The molecule has 0 amide bonds. The quantitative estimate of drug-likeness (QED) is 0.868. The van der Waals surface area contributed by atoms with E-state index in [1.807, 2.05) is 26.1 Å². The van der Waals surface area contributed by atoms with Crippen molar-refractivity contribution >= 4 is 17.7 Å². The predicted molar refractivity (Wildman–Crippen MR) is 105 cm³/mol. The van der Waals surface area contributed by atoms with Crippen LogP contribution < -0.4 is 16.0 Å². The van der Waals surface area contributed by atoms with Crippen LogP contribution in [0.2, 0.25) is 0 Å². The van der Waals surface area contributed by atoms with Crippen LogP contribution in [-0.2, 0) is 0 Å². The molecule has 26 heavy (non-hydrogen) atoms. The molecule has 140 valence electrons. The van der Waals surface area contributed by atoms with Crippen molar-refractivity contribution in [3.63, 3.8) is 0 Å². The van der Waals surface area contributed by atoms with Crippen LogP contribution in [0.1, 0.15) is 62.0 Å². The fraction of sp³-hybridized carbons (Fsp3) is 0.579. The number of hydrogen-bond donors (Lipinski definition) is 2. The molecule has 2 aromatic rings. The summed E-state index contributed by atoms with van der Waals surface area (Å²) in [7, 11) is 0. The summed E-state index contributed by atoms with van der Waals surface area (Å²) in [6.45, 7) is 8.12. The maximum Gasteiger partial charge on any atom is 0.225 e. The molecule has 3 rings (SSSR count). The van der Waals surface area contributed by atoms with Crippen LogP contribution in [0.25, 0.3) is 0 Å². The maximum atomic E-state index is 5.74. The molecule has 1 unspecified atom stereocenters. The fourth-order valence-electron chi connectivity index (χ4n) is 3.45. The molecule has 0 spiro atoms. The number of hydrogen-bond acceptors (Lipinski definition) is 7. The van der Waals surface area contributed by atoms with Gasteiger partial charge in [-0.1, -0.05) is 19.3 Å². The largest absolute Gasteiger partial charge is 0.368 e. The second-order valence-corrected chi connectivity index (χ2v) is 7.08. The van der Waals surface area contributed by atoms with Crippen molar-refractivity contribution < 1.29 is 0 Å². The van der Waals surface area contributed by atoms with Crippen LogP contribution in [0.4, 0.5) is 17.7 Å². The number of rotatable bonds is 4. The van der Waals surface area contributed by atoms with Crippen molar-refractivity contribution in [2.75, 3.05) is 29.0 Å². The van der Waals surface area contributed by atoms with Gasteiger partial charge >= 0.3 is 0 Å². The first kappa shape index (κ1) is 18.4. The Bertz CT molecular complexity index is 718. The summed E-state index contributed by atoms with van der Waals surface area (Å²) in [5.74, 6) is 1.84. The number of nitrogens with one attached hydrogen (secondary N) is 1. The SMILES string of the molecule is Cc1cc(NC(C)c2cnc(N3CCCCCCC3)nc2C)nc(N)n1. The molecule has 1 fully saturated rings. The molecule has 7 heteroatoms. The molecule has 1 aliphatic rings. The van der Waals surface area contributed by atoms with Gasteiger partial charge in [-0.15, -0.1) is 0 Å². The lowest BCUT2D eigenvalue weighted by Crippen LogP contribution is -2.29. The number of nitrogens with two attached hydrogens (primary N) is 1. The van der Waals surface area contributed by atoms with E-state index in [0.717, 1.165) is 41.8 Å². The van der Waals surface area contributed by atoms with E-state index in [-0.39, 0.29) is 12.0 Å². The Morgan fingerprint density at radius 1 is 1.04 bits per heavy atom. The van der Waals surface area contributed by atoms with Gasteiger partial charge in [-0.3, -0.25) is 0 Å². The lowest BCUT2D eigenvalue weighted by atomic mass is 10.1. The molecule has 0 bridgehead atoms. The highest BCUT2D eigenvalue weighted by molar-refractivity contribution is 5.43. The highest BCUT2D eigenvalue weighted by atomic mass is 15.2. The van der Waals surface area contributed by atoms with E-state index in [2.05, 4.69) is 32.1 Å². The average Bonchev–Trinajstić information content (AvgIpc) is 2.53. The van der Waals surface area contributed by atoms with E-state index in [0.29, 0.717) is 0 Å². The molecule has 2 aromatic heterocycles. The lowest BCUT2D eigenvalue weighted by Gasteiger charge is -2.25. The van der Waals surface area contributed by atoms with Crippen molar-refractivity contribution in [2.45, 2.75) is 58.9 Å². The minimum atomic E-state index is 0.0325. The van der Waals surface area contributed by atoms with Crippen molar-refractivity contribution in [3.8, 4) is 0 Å². The van der Waals surface area contributed by atoms with E-state index < -0.39 is 0 Å². The van der Waals surface area contributed by atoms with Gasteiger partial charge in [-0.05, 0) is 33.6 Å². The number of nitrogen functional groups attached to an aromatic ring is 1. The zero-order valence-electron chi connectivity index (χ0n) is 16.0. The van der Waals surface area contributed by atoms with Crippen LogP contribution in [-0.4, -0.2) is 33.0 Å². The summed E-state index contributed by atoms with van der Waals surface area (Å²) >= 11 is 0. The summed E-state index contributed by atoms with van der Waals surface area (Å²) in [5, 5.41) is 3.37. The van der Waals surface area contributed by atoms with Crippen molar-refractivity contribution in [1.29, 1.82) is 0 Å². The zero-order valence-corrected chi connectivity index (χ0v) is 16.0. The molecule has 3 heterocycles. The zero-order chi connectivity index (χ0) is 18.5. The molecular formula is C19H29N7. The first-order valence-corrected chi connectivity index (χ1v) is 9.49. The van der Waals surface area contributed by atoms with E-state index >= 15 is 0 Å². The van der Waals surface area contributed by atoms with E-state index in [1.54, 1.807) is 0 Å². The Hall–Kier alpha value is -2.44. The number of aryl methyl sites for hydroxylation is 2. The molecule has 0 radical (unpaired) electrons. The molecule has 0 saturated carbocycles. The Kier molecular flexibility index (Phi) is 5.85. The van der Waals surface area contributed by atoms with Crippen molar-refractivity contribution in [2.24, 2.45) is 0 Å². The molecule has 0 aromatic carbocycles. The summed E-state index contributed by atoms with van der Waals surface area (Å²) < 4.78 is 0. The molecule has 7 nitrogen and oxygen atoms in total. The first-order chi connectivity index (χ1) is 12.5. The van der Waals surface area contributed by atoms with Gasteiger partial charge in [0.15, 0.2) is 0 Å². The topological polar surface area (TPSA) is 92.9 Å². The van der Waals surface area contributed by atoms with E-state index in [4.69, 9.17) is 10.7 Å². The molecule has 1 aliphatic heterocycles. The number of anilines is 3. The van der Waals surface area contributed by atoms with Gasteiger partial charge in [-0.25, -0.2) is 15.0 Å². The van der Waals surface area contributed by atoms with Gasteiger partial charge in [0.05, 0.1) is 6.04 Å². The monoisotopic (exact) mass is 355 g/mol. The van der Waals surface area contributed by atoms with E-state index in [9.17, 15) is 0 Å². The first-order valence-electron chi connectivity index (χ1n) is 9.49. The summed E-state index contributed by atoms with van der Waals surface area (Å²) in [4.78, 5) is 20.1. The van der Waals surface area contributed by atoms with Crippen molar-refractivity contribution in [1.82, 2.24) is 19.9 Å². The number of nitrogens with zero attached hydrogens (tertiary/aromatic N) is 5. The van der Waals surface area contributed by atoms with Gasteiger partial charge in [0, 0.05) is 42.3 Å². The Labute approximate surface area is 155 Å². The Morgan fingerprint density at radius 3 is 2.38 bits per heavy atom. The van der Waals surface area contributed by atoms with Crippen LogP contribution >= 0.6 is 0 Å². The molecule has 0 aliphatic carbocycles. The fourth-order valence-corrected chi connectivity index (χ4v) is 3.45. The van der Waals surface area contributed by atoms with Gasteiger partial charge in [0.25, 0.3) is 0 Å². The molecule has 3 N–H and O–H groups in total. The van der Waals surface area contributed by atoms with Gasteiger partial charge in [0.2, 0.25) is 11.9 Å². The third-order valence-corrected chi connectivity index (χ3v) is 4.85. The molecule has 1 atom stereocenters. The van der Waals surface area contributed by atoms with Gasteiger partial charge in [0.1, 0.15) is 5.82 Å². The average molecular weight is 355 g/mol. The second kappa shape index (κ2) is 8.29. The van der Waals surface area contributed by atoms with Crippen LogP contribution in [0, 0.1) is 13.8 Å². The predicted octanol–water partition coefficient (Wildman–Crippen LogP) is 3.41. The van der Waals surface area contributed by atoms with Crippen molar-refractivity contribution in [3.05, 3.63) is 29.2 Å². The highest BCUT2D eigenvalue weighted by Crippen LogP contribution is 2.23. The third kappa shape index (κ3) is 4.59. The highest BCUT2D eigenvalue weighted by Gasteiger charge is 2.16. The lowest BCUT2D eigenvalue weighted by molar-refractivity contribution is 0.550. The molecular weight excluding hydrogens is 326 g/mol. The van der Waals surface area contributed by atoms with E-state index in [1.165, 1.54) is 32.1 Å². The third-order valence-electron chi connectivity index (χ3n) is 4.85. The van der Waals surface area contributed by atoms with Crippen LogP contribution in [0.15, 0.2) is 12.3 Å². The normalized spacial score (nSPS) is 16.7. The Balaban J connectivity index is 1.73. The summed E-state index contributed by atoms with van der Waals surface area (Å²) in [6.07, 6.45) is 8.33. The minimum Gasteiger partial charge on any atom is -0.368 e. The summed E-state index contributed by atoms with van der Waals surface area (Å²) in [6, 6.07) is 1.92. The standard InChI is InChI=1S/C19H29N7/c1-13-11-17(25-18(20)22-13)23-14(2)16-12-21-19(24-15(16)3)26-9-7-5-4-6-8-10-26/h11-12,14H,4-10H2,1-3H3,(H3,20,22,23,25). The second-order valence-electron chi connectivity index (χ2n) is 7.08. The molecule has 1 saturated heterocycles. The van der Waals surface area contributed by atoms with Crippen LogP contribution in [0.3, 0.4) is 0 Å².